The molecule has 4 fully saturated rings. The van der Waals surface area contributed by atoms with E-state index in [1.54, 1.807) is 0 Å². The normalized spacial score (nSPS) is 27.9. The van der Waals surface area contributed by atoms with Gasteiger partial charge in [-0.1, -0.05) is 18.7 Å². The first-order valence-electron chi connectivity index (χ1n) is 12.5. The topological polar surface area (TPSA) is 69.7 Å². The van der Waals surface area contributed by atoms with E-state index in [9.17, 15) is 26.4 Å². The summed E-state index contributed by atoms with van der Waals surface area (Å²) in [7, 11) is -5.31. The van der Waals surface area contributed by atoms with Crippen molar-refractivity contribution in [3.63, 3.8) is 0 Å². The Morgan fingerprint density at radius 1 is 1.14 bits per heavy atom. The molecule has 1 N–H and O–H groups in total. The maximum absolute atomic E-state index is 12.7. The van der Waals surface area contributed by atoms with Gasteiger partial charge in [0.2, 0.25) is 5.91 Å². The van der Waals surface area contributed by atoms with Crippen LogP contribution in [-0.2, 0) is 21.2 Å². The van der Waals surface area contributed by atoms with Crippen molar-refractivity contribution in [3.8, 4) is 0 Å². The van der Waals surface area contributed by atoms with E-state index in [1.807, 2.05) is 0 Å². The van der Waals surface area contributed by atoms with E-state index >= 15 is 0 Å². The van der Waals surface area contributed by atoms with Crippen molar-refractivity contribution in [2.24, 2.45) is 11.3 Å². The number of hydrogen-bond acceptors (Lipinski definition) is 5. The highest BCUT2D eigenvalue weighted by Gasteiger charge is 2.50. The minimum absolute atomic E-state index is 0. The highest BCUT2D eigenvalue weighted by molar-refractivity contribution is 7.92. The first-order chi connectivity index (χ1) is 16.9. The van der Waals surface area contributed by atoms with Crippen LogP contribution in [0.4, 0.5) is 13.2 Å². The molecular weight excluding hydrogens is 491 g/mol. The molecule has 3 aliphatic heterocycles. The number of halogens is 3. The van der Waals surface area contributed by atoms with Gasteiger partial charge in [-0.05, 0) is 75.2 Å². The predicted octanol–water partition coefficient (Wildman–Crippen LogP) is 4.24. The van der Waals surface area contributed by atoms with Gasteiger partial charge < -0.3 is 10.2 Å². The van der Waals surface area contributed by atoms with Crippen LogP contribution in [0.15, 0.2) is 47.2 Å². The number of likely N-dealkylation sites (tertiary alicyclic amines) is 2. The summed E-state index contributed by atoms with van der Waals surface area (Å²) in [5, 5.41) is 3.15. The molecule has 0 atom stereocenters. The van der Waals surface area contributed by atoms with Crippen molar-refractivity contribution >= 4 is 15.7 Å². The molecule has 1 aliphatic carbocycles. The van der Waals surface area contributed by atoms with Gasteiger partial charge >= 0.3 is 5.51 Å². The lowest BCUT2D eigenvalue weighted by Gasteiger charge is -2.56. The standard InChI is InChI=1S/C26H32F3N3O3S.H2/c1-2-21(13-20-14-25(15-20)8-7-23(33)30-25)32-17-24(18-32)9-11-31(12-10-24)16-19-3-5-22(6-4-19)36(34,35)26(27,28)29;/h3-6,20H,1,7-18H2,(H,30,33);1H. The third kappa shape index (κ3) is 4.71. The number of allylic oxidation sites excluding steroid dienone is 1. The second kappa shape index (κ2) is 8.92. The molecule has 1 aromatic carbocycles. The number of piperidine rings is 1. The van der Waals surface area contributed by atoms with E-state index in [0.29, 0.717) is 18.9 Å². The molecule has 198 valence electrons. The van der Waals surface area contributed by atoms with Gasteiger partial charge in [-0.15, -0.1) is 5.73 Å². The Kier molecular flexibility index (Phi) is 6.29. The second-order valence-electron chi connectivity index (χ2n) is 11.2. The van der Waals surface area contributed by atoms with Crippen LogP contribution in [0, 0.1) is 11.3 Å². The average Bonchev–Trinajstić information content (AvgIpc) is 3.18. The fourth-order valence-corrected chi connectivity index (χ4v) is 7.24. The summed E-state index contributed by atoms with van der Waals surface area (Å²) < 4.78 is 61.3. The van der Waals surface area contributed by atoms with E-state index in [0.717, 1.165) is 82.4 Å². The fourth-order valence-electron chi connectivity index (χ4n) is 6.48. The molecule has 5 rings (SSSR count). The van der Waals surface area contributed by atoms with E-state index in [1.165, 1.54) is 17.8 Å². The summed E-state index contributed by atoms with van der Waals surface area (Å²) in [5.74, 6) is 0.749. The summed E-state index contributed by atoms with van der Waals surface area (Å²) in [6.45, 7) is 8.30. The zero-order valence-corrected chi connectivity index (χ0v) is 21.1. The van der Waals surface area contributed by atoms with Gasteiger partial charge in [0.05, 0.1) is 10.6 Å². The number of benzene rings is 1. The number of sulfone groups is 1. The lowest BCUT2D eigenvalue weighted by molar-refractivity contribution is -0.120. The van der Waals surface area contributed by atoms with E-state index in [2.05, 4.69) is 27.4 Å². The number of carbonyl (C=O) groups is 1. The summed E-state index contributed by atoms with van der Waals surface area (Å²) in [5.41, 5.74) is 0.180. The minimum atomic E-state index is -5.31. The van der Waals surface area contributed by atoms with Gasteiger partial charge in [-0.2, -0.15) is 13.2 Å². The largest absolute Gasteiger partial charge is 0.501 e. The second-order valence-corrected chi connectivity index (χ2v) is 13.1. The van der Waals surface area contributed by atoms with Crippen LogP contribution >= 0.6 is 0 Å². The van der Waals surface area contributed by atoms with Crippen molar-refractivity contribution in [2.45, 2.75) is 67.4 Å². The average molecular weight is 526 g/mol. The van der Waals surface area contributed by atoms with E-state index in [-0.39, 0.29) is 18.3 Å². The summed E-state index contributed by atoms with van der Waals surface area (Å²) in [6.07, 6.45) is 6.74. The van der Waals surface area contributed by atoms with E-state index < -0.39 is 20.2 Å². The van der Waals surface area contributed by atoms with Crippen LogP contribution in [0.2, 0.25) is 0 Å². The molecule has 4 aliphatic rings. The molecule has 6 nitrogen and oxygen atoms in total. The Bertz CT molecular complexity index is 1170. The molecule has 36 heavy (non-hydrogen) atoms. The monoisotopic (exact) mass is 525 g/mol. The SMILES string of the molecule is C=C=C(CC1CC2(CCC(=O)N2)C1)N1CC2(CCN(Cc3ccc(S(=O)(=O)C(F)(F)F)cc3)CC2)C1.[HH]. The Morgan fingerprint density at radius 2 is 1.78 bits per heavy atom. The van der Waals surface area contributed by atoms with Gasteiger partial charge in [-0.25, -0.2) is 8.42 Å². The highest BCUT2D eigenvalue weighted by atomic mass is 32.2. The highest BCUT2D eigenvalue weighted by Crippen LogP contribution is 2.48. The predicted molar refractivity (Wildman–Crippen MR) is 130 cm³/mol. The fraction of sp³-hybridized carbons (Fsp3) is 0.615. The Hall–Kier alpha value is -2.29. The van der Waals surface area contributed by atoms with Crippen molar-refractivity contribution in [2.75, 3.05) is 26.2 Å². The lowest BCUT2D eigenvalue weighted by Crippen LogP contribution is -2.60. The smallest absolute Gasteiger partial charge is 0.367 e. The number of alkyl halides is 3. The maximum atomic E-state index is 12.7. The molecular formula is C26H34F3N3O3S. The van der Waals surface area contributed by atoms with Crippen molar-refractivity contribution in [3.05, 3.63) is 47.8 Å². The van der Waals surface area contributed by atoms with Crippen molar-refractivity contribution in [1.82, 2.24) is 15.1 Å². The summed E-state index contributed by atoms with van der Waals surface area (Å²) in [6, 6.07) is 5.02. The number of rotatable bonds is 6. The first kappa shape index (κ1) is 25.4. The third-order valence-electron chi connectivity index (χ3n) is 8.58. The molecule has 10 heteroatoms. The number of amides is 1. The molecule has 3 saturated heterocycles. The lowest BCUT2D eigenvalue weighted by atomic mass is 9.65. The van der Waals surface area contributed by atoms with Gasteiger partial charge in [0.15, 0.2) is 0 Å². The van der Waals surface area contributed by atoms with Gasteiger partial charge in [0.1, 0.15) is 0 Å². The molecule has 1 aromatic rings. The first-order valence-corrected chi connectivity index (χ1v) is 14.0. The Balaban J connectivity index is 0.00000320. The van der Waals surface area contributed by atoms with Crippen molar-refractivity contribution < 1.29 is 27.8 Å². The van der Waals surface area contributed by atoms with Crippen LogP contribution in [0.1, 0.15) is 51.9 Å². The zero-order valence-electron chi connectivity index (χ0n) is 20.2. The molecule has 3 heterocycles. The molecule has 1 saturated carbocycles. The van der Waals surface area contributed by atoms with Crippen LogP contribution in [0.5, 0.6) is 0 Å². The van der Waals surface area contributed by atoms with Gasteiger partial charge in [0.25, 0.3) is 9.84 Å². The molecule has 0 unspecified atom stereocenters. The Morgan fingerprint density at radius 3 is 2.31 bits per heavy atom. The third-order valence-corrected chi connectivity index (χ3v) is 10.1. The number of carbonyl (C=O) groups excluding carboxylic acids is 1. The quantitative estimate of drug-likeness (QED) is 0.563. The Labute approximate surface area is 211 Å². The van der Waals surface area contributed by atoms with Gasteiger partial charge in [0, 0.05) is 38.4 Å². The van der Waals surface area contributed by atoms with Crippen LogP contribution in [-0.4, -0.2) is 61.4 Å². The molecule has 2 spiro atoms. The zero-order chi connectivity index (χ0) is 25.8. The number of hydrogen-bond donors (Lipinski definition) is 1. The van der Waals surface area contributed by atoms with Crippen molar-refractivity contribution in [1.29, 1.82) is 0 Å². The van der Waals surface area contributed by atoms with E-state index in [4.69, 9.17) is 0 Å². The number of nitrogens with one attached hydrogen (secondary N) is 1. The minimum Gasteiger partial charge on any atom is -0.367 e. The van der Waals surface area contributed by atoms with Gasteiger partial charge in [-0.3, -0.25) is 9.69 Å². The molecule has 0 radical (unpaired) electrons. The number of nitrogens with zero attached hydrogens (tertiary/aromatic N) is 2. The molecule has 1 amide bonds. The van der Waals surface area contributed by atoms with Crippen LogP contribution < -0.4 is 5.32 Å². The summed E-state index contributed by atoms with van der Waals surface area (Å²) in [4.78, 5) is 15.5. The van der Waals surface area contributed by atoms with Crippen LogP contribution in [0.25, 0.3) is 0 Å². The van der Waals surface area contributed by atoms with Crippen LogP contribution in [0.3, 0.4) is 0 Å². The maximum Gasteiger partial charge on any atom is 0.501 e. The summed E-state index contributed by atoms with van der Waals surface area (Å²) >= 11 is 0. The molecule has 0 aromatic heterocycles. The molecule has 0 bridgehead atoms.